The van der Waals surface area contributed by atoms with Crippen LogP contribution in [0.2, 0.25) is 0 Å². The standard InChI is InChI=1S/C13H17N3O3/c1-9(17)15-8-13(18)16-11-2-3-12-10(6-11)7-14-4-5-19-12/h2-3,6,14H,4-5,7-8H2,1H3,(H,15,17)(H,16,18). The summed E-state index contributed by atoms with van der Waals surface area (Å²) in [4.78, 5) is 22.3. The smallest absolute Gasteiger partial charge is 0.243 e. The van der Waals surface area contributed by atoms with Crippen LogP contribution in [0.25, 0.3) is 0 Å². The van der Waals surface area contributed by atoms with E-state index in [-0.39, 0.29) is 18.4 Å². The summed E-state index contributed by atoms with van der Waals surface area (Å²) in [6, 6.07) is 5.51. The molecule has 19 heavy (non-hydrogen) atoms. The van der Waals surface area contributed by atoms with Gasteiger partial charge in [-0.05, 0) is 18.2 Å². The van der Waals surface area contributed by atoms with Gasteiger partial charge < -0.3 is 20.7 Å². The molecule has 0 saturated carbocycles. The first kappa shape index (κ1) is 13.4. The molecular weight excluding hydrogens is 246 g/mol. The fourth-order valence-corrected chi connectivity index (χ4v) is 1.80. The Bertz CT molecular complexity index is 488. The molecule has 0 bridgehead atoms. The van der Waals surface area contributed by atoms with Gasteiger partial charge in [0.15, 0.2) is 0 Å². The minimum absolute atomic E-state index is 0.0266. The summed E-state index contributed by atoms with van der Waals surface area (Å²) in [6.07, 6.45) is 0. The number of amides is 2. The van der Waals surface area contributed by atoms with Crippen LogP contribution in [-0.4, -0.2) is 31.5 Å². The van der Waals surface area contributed by atoms with Crippen molar-refractivity contribution in [3.63, 3.8) is 0 Å². The van der Waals surface area contributed by atoms with Gasteiger partial charge in [-0.1, -0.05) is 0 Å². The van der Waals surface area contributed by atoms with Crippen LogP contribution in [0.1, 0.15) is 12.5 Å². The second-order valence-electron chi connectivity index (χ2n) is 4.31. The number of anilines is 1. The zero-order valence-corrected chi connectivity index (χ0v) is 10.8. The molecule has 1 aliphatic heterocycles. The van der Waals surface area contributed by atoms with E-state index in [1.807, 2.05) is 12.1 Å². The van der Waals surface area contributed by atoms with E-state index >= 15 is 0 Å². The summed E-state index contributed by atoms with van der Waals surface area (Å²) in [5.41, 5.74) is 1.70. The number of hydrogen-bond acceptors (Lipinski definition) is 4. The van der Waals surface area contributed by atoms with Gasteiger partial charge in [0.1, 0.15) is 12.4 Å². The van der Waals surface area contributed by atoms with Crippen LogP contribution in [-0.2, 0) is 16.1 Å². The highest BCUT2D eigenvalue weighted by Crippen LogP contribution is 2.23. The number of ether oxygens (including phenoxy) is 1. The van der Waals surface area contributed by atoms with Gasteiger partial charge in [0.2, 0.25) is 11.8 Å². The molecular formula is C13H17N3O3. The maximum atomic E-state index is 11.6. The molecule has 1 aromatic carbocycles. The topological polar surface area (TPSA) is 79.5 Å². The first-order valence-corrected chi connectivity index (χ1v) is 6.16. The zero-order valence-electron chi connectivity index (χ0n) is 10.8. The van der Waals surface area contributed by atoms with E-state index in [9.17, 15) is 9.59 Å². The molecule has 6 heteroatoms. The van der Waals surface area contributed by atoms with E-state index in [4.69, 9.17) is 4.74 Å². The monoisotopic (exact) mass is 263 g/mol. The molecule has 2 rings (SSSR count). The van der Waals surface area contributed by atoms with E-state index in [0.717, 1.165) is 17.9 Å². The number of carbonyl (C=O) groups excluding carboxylic acids is 2. The lowest BCUT2D eigenvalue weighted by molar-refractivity contribution is -0.122. The van der Waals surface area contributed by atoms with Crippen molar-refractivity contribution in [1.29, 1.82) is 0 Å². The third kappa shape index (κ3) is 3.96. The van der Waals surface area contributed by atoms with Crippen molar-refractivity contribution in [2.75, 3.05) is 25.0 Å². The molecule has 0 unspecified atom stereocenters. The number of hydrogen-bond donors (Lipinski definition) is 3. The first-order chi connectivity index (χ1) is 9.15. The molecule has 2 amide bonds. The Labute approximate surface area is 111 Å². The largest absolute Gasteiger partial charge is 0.492 e. The minimum Gasteiger partial charge on any atom is -0.492 e. The van der Waals surface area contributed by atoms with Gasteiger partial charge >= 0.3 is 0 Å². The van der Waals surface area contributed by atoms with Gasteiger partial charge in [-0.3, -0.25) is 9.59 Å². The minimum atomic E-state index is -0.252. The second kappa shape index (κ2) is 6.19. The van der Waals surface area contributed by atoms with Crippen molar-refractivity contribution in [3.05, 3.63) is 23.8 Å². The number of rotatable bonds is 3. The third-order valence-corrected chi connectivity index (χ3v) is 2.69. The van der Waals surface area contributed by atoms with Crippen LogP contribution in [0.4, 0.5) is 5.69 Å². The predicted molar refractivity (Wildman–Crippen MR) is 71.0 cm³/mol. The summed E-state index contributed by atoms with van der Waals surface area (Å²) >= 11 is 0. The Balaban J connectivity index is 1.99. The summed E-state index contributed by atoms with van der Waals surface area (Å²) in [7, 11) is 0. The molecule has 102 valence electrons. The van der Waals surface area contributed by atoms with Crippen molar-refractivity contribution in [2.45, 2.75) is 13.5 Å². The lowest BCUT2D eigenvalue weighted by Gasteiger charge is -2.10. The van der Waals surface area contributed by atoms with Crippen molar-refractivity contribution < 1.29 is 14.3 Å². The molecule has 1 aliphatic rings. The van der Waals surface area contributed by atoms with Gasteiger partial charge in [-0.25, -0.2) is 0 Å². The summed E-state index contributed by atoms with van der Waals surface area (Å²) in [6.45, 7) is 3.50. The highest BCUT2D eigenvalue weighted by molar-refractivity contribution is 5.94. The fraction of sp³-hybridized carbons (Fsp3) is 0.385. The Hall–Kier alpha value is -2.08. The van der Waals surface area contributed by atoms with Crippen LogP contribution in [0.5, 0.6) is 5.75 Å². The zero-order chi connectivity index (χ0) is 13.7. The summed E-state index contributed by atoms with van der Waals surface area (Å²) in [5, 5.41) is 8.41. The maximum absolute atomic E-state index is 11.6. The van der Waals surface area contributed by atoms with Gasteiger partial charge in [-0.15, -0.1) is 0 Å². The Morgan fingerprint density at radius 1 is 1.42 bits per heavy atom. The van der Waals surface area contributed by atoms with Crippen LogP contribution in [0.15, 0.2) is 18.2 Å². The molecule has 0 spiro atoms. The normalized spacial score (nSPS) is 13.7. The highest BCUT2D eigenvalue weighted by atomic mass is 16.5. The van der Waals surface area contributed by atoms with Crippen molar-refractivity contribution in [2.24, 2.45) is 0 Å². The molecule has 3 N–H and O–H groups in total. The molecule has 0 aliphatic carbocycles. The SMILES string of the molecule is CC(=O)NCC(=O)Nc1ccc2c(c1)CNCCO2. The Morgan fingerprint density at radius 2 is 2.26 bits per heavy atom. The van der Waals surface area contributed by atoms with E-state index in [1.165, 1.54) is 6.92 Å². The molecule has 6 nitrogen and oxygen atoms in total. The first-order valence-electron chi connectivity index (χ1n) is 6.16. The van der Waals surface area contributed by atoms with Gasteiger partial charge in [0.25, 0.3) is 0 Å². The Morgan fingerprint density at radius 3 is 3.05 bits per heavy atom. The molecule has 0 radical (unpaired) electrons. The van der Waals surface area contributed by atoms with E-state index < -0.39 is 0 Å². The number of fused-ring (bicyclic) bond motifs is 1. The van der Waals surface area contributed by atoms with E-state index in [0.29, 0.717) is 18.8 Å². The predicted octanol–water partition coefficient (Wildman–Crippen LogP) is 0.243. The number of nitrogens with one attached hydrogen (secondary N) is 3. The van der Waals surface area contributed by atoms with E-state index in [1.54, 1.807) is 6.07 Å². The van der Waals surface area contributed by atoms with Crippen molar-refractivity contribution in [3.8, 4) is 5.75 Å². The average molecular weight is 263 g/mol. The molecule has 0 atom stereocenters. The maximum Gasteiger partial charge on any atom is 0.243 e. The molecule has 0 aromatic heterocycles. The van der Waals surface area contributed by atoms with Crippen LogP contribution in [0, 0.1) is 0 Å². The quantitative estimate of drug-likeness (QED) is 0.730. The number of benzene rings is 1. The molecule has 1 aromatic rings. The highest BCUT2D eigenvalue weighted by Gasteiger charge is 2.10. The van der Waals surface area contributed by atoms with Crippen LogP contribution in [0.3, 0.4) is 0 Å². The summed E-state index contributed by atoms with van der Waals surface area (Å²) < 4.78 is 5.56. The van der Waals surface area contributed by atoms with Crippen LogP contribution < -0.4 is 20.7 Å². The fourth-order valence-electron chi connectivity index (χ4n) is 1.80. The average Bonchev–Trinajstić information content (AvgIpc) is 2.61. The van der Waals surface area contributed by atoms with Gasteiger partial charge in [0.05, 0.1) is 6.54 Å². The lowest BCUT2D eigenvalue weighted by atomic mass is 10.1. The molecule has 0 saturated heterocycles. The van der Waals surface area contributed by atoms with Gasteiger partial charge in [-0.2, -0.15) is 0 Å². The molecule has 0 fully saturated rings. The van der Waals surface area contributed by atoms with E-state index in [2.05, 4.69) is 16.0 Å². The number of carbonyl (C=O) groups is 2. The van der Waals surface area contributed by atoms with Gasteiger partial charge in [0, 0.05) is 31.3 Å². The van der Waals surface area contributed by atoms with Crippen molar-refractivity contribution in [1.82, 2.24) is 10.6 Å². The van der Waals surface area contributed by atoms with Crippen LogP contribution >= 0.6 is 0 Å². The lowest BCUT2D eigenvalue weighted by Crippen LogP contribution is -2.31. The second-order valence-corrected chi connectivity index (χ2v) is 4.31. The third-order valence-electron chi connectivity index (χ3n) is 2.69. The molecule has 1 heterocycles. The summed E-state index contributed by atoms with van der Waals surface area (Å²) in [5.74, 6) is 0.359. The van der Waals surface area contributed by atoms with Crippen molar-refractivity contribution >= 4 is 17.5 Å². The Kier molecular flexibility index (Phi) is 4.35.